The minimum Gasteiger partial charge on any atom is -0.369 e. The van der Waals surface area contributed by atoms with E-state index in [1.54, 1.807) is 18.2 Å². The normalized spacial score (nSPS) is 21.2. The Morgan fingerprint density at radius 1 is 0.853 bits per heavy atom. The highest BCUT2D eigenvalue weighted by atomic mass is 19.1. The van der Waals surface area contributed by atoms with Crippen LogP contribution >= 0.6 is 0 Å². The number of halogens is 2. The van der Waals surface area contributed by atoms with Gasteiger partial charge < -0.3 is 4.90 Å². The van der Waals surface area contributed by atoms with Crippen molar-refractivity contribution < 1.29 is 28.0 Å². The van der Waals surface area contributed by atoms with Gasteiger partial charge in [0.2, 0.25) is 11.8 Å². The second kappa shape index (κ2) is 8.60. The molecule has 0 saturated carbocycles. The minimum absolute atomic E-state index is 0.0727. The topological polar surface area (TPSA) is 90.0 Å². The molecule has 2 aromatic carbocycles. The van der Waals surface area contributed by atoms with Gasteiger partial charge in [-0.2, -0.15) is 0 Å². The van der Waals surface area contributed by atoms with Crippen molar-refractivity contribution in [3.8, 4) is 0 Å². The number of nitrogens with zero attached hydrogens (tertiary/aromatic N) is 3. The molecule has 3 aliphatic rings. The lowest BCUT2D eigenvalue weighted by atomic mass is 10.0. The molecule has 2 fully saturated rings. The van der Waals surface area contributed by atoms with Crippen molar-refractivity contribution in [3.05, 3.63) is 64.7 Å². The maximum absolute atomic E-state index is 13.5. The molecule has 0 aliphatic carbocycles. The Morgan fingerprint density at radius 3 is 2.21 bits per heavy atom. The Bertz CT molecular complexity index is 1190. The number of fused-ring (bicyclic) bond motifs is 1. The molecule has 3 heterocycles. The number of anilines is 1. The van der Waals surface area contributed by atoms with E-state index < -0.39 is 41.3 Å². The summed E-state index contributed by atoms with van der Waals surface area (Å²) in [5.74, 6) is -3.33. The molecule has 0 bridgehead atoms. The van der Waals surface area contributed by atoms with Gasteiger partial charge in [-0.25, -0.2) is 8.78 Å². The summed E-state index contributed by atoms with van der Waals surface area (Å²) in [5.41, 5.74) is 1.85. The van der Waals surface area contributed by atoms with Crippen LogP contribution in [0.15, 0.2) is 36.4 Å². The molecule has 34 heavy (non-hydrogen) atoms. The fraction of sp³-hybridized carbons (Fsp3) is 0.333. The number of carbonyl (C=O) groups is 4. The number of piperidine rings is 1. The van der Waals surface area contributed by atoms with Crippen molar-refractivity contribution in [1.82, 2.24) is 15.1 Å². The minimum atomic E-state index is -0.991. The van der Waals surface area contributed by atoms with E-state index in [2.05, 4.69) is 10.2 Å². The average Bonchev–Trinajstić information content (AvgIpc) is 3.03. The highest BCUT2D eigenvalue weighted by Crippen LogP contribution is 2.29. The number of nitrogens with one attached hydrogen (secondary N) is 1. The third-order valence-corrected chi connectivity index (χ3v) is 6.50. The van der Waals surface area contributed by atoms with E-state index in [1.807, 2.05) is 4.90 Å². The maximum Gasteiger partial charge on any atom is 0.262 e. The Hall–Kier alpha value is -3.66. The van der Waals surface area contributed by atoms with Crippen LogP contribution in [0.4, 0.5) is 14.5 Å². The van der Waals surface area contributed by atoms with Crippen LogP contribution in [0.25, 0.3) is 0 Å². The van der Waals surface area contributed by atoms with Crippen molar-refractivity contribution in [2.75, 3.05) is 31.1 Å². The van der Waals surface area contributed by atoms with Crippen LogP contribution in [-0.2, 0) is 16.1 Å². The van der Waals surface area contributed by atoms with Crippen molar-refractivity contribution in [2.24, 2.45) is 0 Å². The van der Waals surface area contributed by atoms with Gasteiger partial charge in [-0.15, -0.1) is 0 Å². The van der Waals surface area contributed by atoms with Crippen LogP contribution < -0.4 is 10.2 Å². The van der Waals surface area contributed by atoms with E-state index in [0.29, 0.717) is 38.4 Å². The van der Waals surface area contributed by atoms with Gasteiger partial charge in [0.1, 0.15) is 17.7 Å². The Morgan fingerprint density at radius 2 is 1.53 bits per heavy atom. The summed E-state index contributed by atoms with van der Waals surface area (Å²) in [5, 5.41) is 2.18. The summed E-state index contributed by atoms with van der Waals surface area (Å²) < 4.78 is 27.1. The number of imide groups is 2. The van der Waals surface area contributed by atoms with Crippen LogP contribution in [0.5, 0.6) is 0 Å². The zero-order valence-corrected chi connectivity index (χ0v) is 18.2. The lowest BCUT2D eigenvalue weighted by molar-refractivity contribution is -0.136. The number of hydrogen-bond acceptors (Lipinski definition) is 6. The first-order valence-electron chi connectivity index (χ1n) is 11.1. The average molecular weight is 468 g/mol. The monoisotopic (exact) mass is 468 g/mol. The zero-order valence-electron chi connectivity index (χ0n) is 18.2. The fourth-order valence-electron chi connectivity index (χ4n) is 4.76. The summed E-state index contributed by atoms with van der Waals surface area (Å²) >= 11 is 0. The molecule has 1 atom stereocenters. The predicted octanol–water partition coefficient (Wildman–Crippen LogP) is 1.69. The van der Waals surface area contributed by atoms with Gasteiger partial charge in [0, 0.05) is 50.9 Å². The summed E-state index contributed by atoms with van der Waals surface area (Å²) in [4.78, 5) is 54.5. The summed E-state index contributed by atoms with van der Waals surface area (Å²) in [7, 11) is 0. The van der Waals surface area contributed by atoms with Gasteiger partial charge in [-0.1, -0.05) is 6.07 Å². The van der Waals surface area contributed by atoms with E-state index in [0.717, 1.165) is 16.5 Å². The molecular weight excluding hydrogens is 446 g/mol. The Kier molecular flexibility index (Phi) is 5.60. The van der Waals surface area contributed by atoms with Gasteiger partial charge in [0.05, 0.1) is 11.1 Å². The molecule has 0 spiro atoms. The molecule has 176 valence electrons. The van der Waals surface area contributed by atoms with E-state index in [4.69, 9.17) is 0 Å². The highest BCUT2D eigenvalue weighted by molar-refractivity contribution is 6.23. The Labute approximate surface area is 194 Å². The molecular formula is C24H22F2N4O4. The van der Waals surface area contributed by atoms with Crippen molar-refractivity contribution >= 4 is 29.3 Å². The number of benzene rings is 2. The molecule has 0 radical (unpaired) electrons. The highest BCUT2D eigenvalue weighted by Gasteiger charge is 2.44. The molecule has 8 nitrogen and oxygen atoms in total. The summed E-state index contributed by atoms with van der Waals surface area (Å²) in [6.07, 6.45) is 0.186. The van der Waals surface area contributed by atoms with Gasteiger partial charge in [0.25, 0.3) is 11.8 Å². The maximum atomic E-state index is 13.5. The largest absolute Gasteiger partial charge is 0.369 e. The van der Waals surface area contributed by atoms with Crippen LogP contribution in [0.1, 0.15) is 39.1 Å². The van der Waals surface area contributed by atoms with Gasteiger partial charge in [-0.05, 0) is 36.2 Å². The second-order valence-corrected chi connectivity index (χ2v) is 8.72. The van der Waals surface area contributed by atoms with Crippen molar-refractivity contribution in [2.45, 2.75) is 25.4 Å². The van der Waals surface area contributed by atoms with Crippen LogP contribution in [-0.4, -0.2) is 65.6 Å². The first-order chi connectivity index (χ1) is 16.3. The van der Waals surface area contributed by atoms with E-state index >= 15 is 0 Å². The van der Waals surface area contributed by atoms with Crippen molar-refractivity contribution in [3.63, 3.8) is 0 Å². The predicted molar refractivity (Wildman–Crippen MR) is 117 cm³/mol. The molecule has 5 rings (SSSR count). The van der Waals surface area contributed by atoms with E-state index in [1.165, 1.54) is 12.1 Å². The first kappa shape index (κ1) is 22.1. The van der Waals surface area contributed by atoms with E-state index in [-0.39, 0.29) is 24.0 Å². The molecule has 4 amide bonds. The number of piperazine rings is 1. The third kappa shape index (κ3) is 4.05. The van der Waals surface area contributed by atoms with Crippen LogP contribution in [0.3, 0.4) is 0 Å². The standard InChI is InChI=1S/C24H22F2N4O4/c25-15-10-16(26)12-17(11-15)29-7-5-28(6-8-29)13-14-1-2-18-19(9-14)24(34)30(23(18)33)20-3-4-21(31)27-22(20)32/h1-2,9-12,20H,3-8,13H2,(H,27,31,32). The van der Waals surface area contributed by atoms with Crippen LogP contribution in [0.2, 0.25) is 0 Å². The molecule has 2 saturated heterocycles. The molecule has 2 aromatic rings. The number of hydrogen-bond donors (Lipinski definition) is 1. The zero-order chi connectivity index (χ0) is 24.0. The number of amides is 4. The van der Waals surface area contributed by atoms with Gasteiger partial charge in [-0.3, -0.25) is 34.3 Å². The van der Waals surface area contributed by atoms with Crippen LogP contribution in [0, 0.1) is 11.6 Å². The lowest BCUT2D eigenvalue weighted by Crippen LogP contribution is -2.54. The van der Waals surface area contributed by atoms with E-state index in [9.17, 15) is 28.0 Å². The summed E-state index contributed by atoms with van der Waals surface area (Å²) in [6, 6.07) is 7.55. The first-order valence-corrected chi connectivity index (χ1v) is 11.1. The second-order valence-electron chi connectivity index (χ2n) is 8.72. The lowest BCUT2D eigenvalue weighted by Gasteiger charge is -2.36. The third-order valence-electron chi connectivity index (χ3n) is 6.50. The van der Waals surface area contributed by atoms with Gasteiger partial charge in [0.15, 0.2) is 0 Å². The van der Waals surface area contributed by atoms with Gasteiger partial charge >= 0.3 is 0 Å². The number of carbonyl (C=O) groups excluding carboxylic acids is 4. The quantitative estimate of drug-likeness (QED) is 0.687. The molecule has 10 heteroatoms. The SMILES string of the molecule is O=C1CCC(N2C(=O)c3ccc(CN4CCN(c5cc(F)cc(F)c5)CC4)cc3C2=O)C(=O)N1. The molecule has 0 aromatic heterocycles. The Balaban J connectivity index is 1.25. The number of rotatable bonds is 4. The smallest absolute Gasteiger partial charge is 0.262 e. The molecule has 1 unspecified atom stereocenters. The van der Waals surface area contributed by atoms with Crippen molar-refractivity contribution in [1.29, 1.82) is 0 Å². The molecule has 3 aliphatic heterocycles. The molecule has 1 N–H and O–H groups in total. The fourth-order valence-corrected chi connectivity index (χ4v) is 4.76. The summed E-state index contributed by atoms with van der Waals surface area (Å²) in [6.45, 7) is 3.04.